The fraction of sp³-hybridized carbons (Fsp3) is 0.667. The van der Waals surface area contributed by atoms with Crippen LogP contribution in [-0.4, -0.2) is 72.8 Å². The summed E-state index contributed by atoms with van der Waals surface area (Å²) in [6.07, 6.45) is 4.34. The Bertz CT molecular complexity index is 842. The molecule has 0 aromatic carbocycles. The Hall–Kier alpha value is -2.16. The minimum atomic E-state index is -2.98. The van der Waals surface area contributed by atoms with Crippen molar-refractivity contribution in [1.82, 2.24) is 14.8 Å². The summed E-state index contributed by atoms with van der Waals surface area (Å²) < 4.78 is 23.2. The standard InChI is InChI=1S/C21H32N4O4S/c1-3-16(2)18-5-6-19(22-15-18)23-21(27)25-10-4-9-24(11-12-25)20(26)17-7-13-30(28,29)14-8-17/h5-6,15-17H,3-4,7-14H2,1-2H3,(H,22,23,27). The van der Waals surface area contributed by atoms with Crippen molar-refractivity contribution in [3.8, 4) is 0 Å². The van der Waals surface area contributed by atoms with Crippen LogP contribution in [0, 0.1) is 5.92 Å². The highest BCUT2D eigenvalue weighted by Crippen LogP contribution is 2.22. The maximum Gasteiger partial charge on any atom is 0.323 e. The van der Waals surface area contributed by atoms with Crippen LogP contribution in [0.1, 0.15) is 51.0 Å². The number of amides is 3. The fourth-order valence-electron chi connectivity index (χ4n) is 3.93. The SMILES string of the molecule is CCC(C)c1ccc(NC(=O)N2CCCN(C(=O)C3CCS(=O)(=O)CC3)CC2)nc1. The van der Waals surface area contributed by atoms with Crippen LogP contribution in [-0.2, 0) is 14.6 Å². The summed E-state index contributed by atoms with van der Waals surface area (Å²) in [5.74, 6) is 0.938. The van der Waals surface area contributed by atoms with Crippen molar-refractivity contribution >= 4 is 27.6 Å². The third kappa shape index (κ3) is 5.71. The number of carbonyl (C=O) groups is 2. The van der Waals surface area contributed by atoms with Crippen molar-refractivity contribution in [2.24, 2.45) is 5.92 Å². The third-order valence-corrected chi connectivity index (χ3v) is 7.92. The highest BCUT2D eigenvalue weighted by molar-refractivity contribution is 7.91. The second-order valence-corrected chi connectivity index (χ2v) is 10.6. The molecule has 1 aromatic rings. The maximum atomic E-state index is 12.8. The van der Waals surface area contributed by atoms with Crippen LogP contribution in [0.25, 0.3) is 0 Å². The summed E-state index contributed by atoms with van der Waals surface area (Å²) in [5, 5.41) is 2.85. The van der Waals surface area contributed by atoms with Crippen molar-refractivity contribution in [1.29, 1.82) is 0 Å². The van der Waals surface area contributed by atoms with Crippen LogP contribution in [0.15, 0.2) is 18.3 Å². The van der Waals surface area contributed by atoms with Crippen molar-refractivity contribution in [3.05, 3.63) is 23.9 Å². The molecular weight excluding hydrogens is 404 g/mol. The van der Waals surface area contributed by atoms with Crippen molar-refractivity contribution in [3.63, 3.8) is 0 Å². The van der Waals surface area contributed by atoms with Gasteiger partial charge in [-0.3, -0.25) is 10.1 Å². The van der Waals surface area contributed by atoms with E-state index in [-0.39, 0.29) is 29.4 Å². The summed E-state index contributed by atoms with van der Waals surface area (Å²) in [5.41, 5.74) is 1.15. The highest BCUT2D eigenvalue weighted by atomic mass is 32.2. The molecular formula is C21H32N4O4S. The quantitative estimate of drug-likeness (QED) is 0.782. The molecule has 0 saturated carbocycles. The average molecular weight is 437 g/mol. The predicted molar refractivity (Wildman–Crippen MR) is 116 cm³/mol. The van der Waals surface area contributed by atoms with Gasteiger partial charge in [-0.25, -0.2) is 18.2 Å². The molecule has 3 heterocycles. The van der Waals surface area contributed by atoms with Gasteiger partial charge < -0.3 is 9.80 Å². The van der Waals surface area contributed by atoms with E-state index in [1.165, 1.54) is 0 Å². The summed E-state index contributed by atoms with van der Waals surface area (Å²) in [6, 6.07) is 3.60. The molecule has 1 aromatic heterocycles. The van der Waals surface area contributed by atoms with Gasteiger partial charge in [-0.2, -0.15) is 0 Å². The number of hydrogen-bond acceptors (Lipinski definition) is 5. The number of urea groups is 1. The van der Waals surface area contributed by atoms with E-state index in [0.29, 0.717) is 57.2 Å². The zero-order chi connectivity index (χ0) is 21.7. The van der Waals surface area contributed by atoms with Crippen molar-refractivity contribution in [2.75, 3.05) is 43.0 Å². The number of sulfone groups is 1. The van der Waals surface area contributed by atoms with E-state index < -0.39 is 9.84 Å². The number of aromatic nitrogens is 1. The van der Waals surface area contributed by atoms with Crippen LogP contribution >= 0.6 is 0 Å². The highest BCUT2D eigenvalue weighted by Gasteiger charge is 2.32. The number of nitrogens with one attached hydrogen (secondary N) is 1. The van der Waals surface area contributed by atoms with E-state index in [0.717, 1.165) is 12.0 Å². The molecule has 8 nitrogen and oxygen atoms in total. The van der Waals surface area contributed by atoms with Gasteiger partial charge in [0.15, 0.2) is 0 Å². The second kappa shape index (κ2) is 9.76. The van der Waals surface area contributed by atoms with Gasteiger partial charge in [0, 0.05) is 38.3 Å². The van der Waals surface area contributed by atoms with E-state index in [1.807, 2.05) is 12.1 Å². The summed E-state index contributed by atoms with van der Waals surface area (Å²) >= 11 is 0. The zero-order valence-corrected chi connectivity index (χ0v) is 18.7. The molecule has 0 bridgehead atoms. The number of nitrogens with zero attached hydrogens (tertiary/aromatic N) is 3. The summed E-state index contributed by atoms with van der Waals surface area (Å²) in [6.45, 7) is 6.35. The normalized spacial score (nSPS) is 21.0. The van der Waals surface area contributed by atoms with Crippen LogP contribution in [0.5, 0.6) is 0 Å². The molecule has 3 amide bonds. The minimum absolute atomic E-state index is 0.0226. The molecule has 2 saturated heterocycles. The minimum Gasteiger partial charge on any atom is -0.341 e. The van der Waals surface area contributed by atoms with Gasteiger partial charge in [0.05, 0.1) is 11.5 Å². The molecule has 166 valence electrons. The van der Waals surface area contributed by atoms with Crippen LogP contribution in [0.4, 0.5) is 10.6 Å². The summed E-state index contributed by atoms with van der Waals surface area (Å²) in [7, 11) is -2.98. The largest absolute Gasteiger partial charge is 0.341 e. The molecule has 0 radical (unpaired) electrons. The lowest BCUT2D eigenvalue weighted by Gasteiger charge is -2.28. The van der Waals surface area contributed by atoms with E-state index in [9.17, 15) is 18.0 Å². The first-order valence-electron chi connectivity index (χ1n) is 10.8. The molecule has 30 heavy (non-hydrogen) atoms. The summed E-state index contributed by atoms with van der Waals surface area (Å²) in [4.78, 5) is 33.3. The first-order chi connectivity index (χ1) is 14.3. The van der Waals surface area contributed by atoms with Gasteiger partial charge in [0.25, 0.3) is 0 Å². The number of carbonyl (C=O) groups excluding carboxylic acids is 2. The molecule has 1 atom stereocenters. The zero-order valence-electron chi connectivity index (χ0n) is 17.8. The smallest absolute Gasteiger partial charge is 0.323 e. The molecule has 9 heteroatoms. The average Bonchev–Trinajstić information content (AvgIpc) is 2.99. The molecule has 2 fully saturated rings. The Kier molecular flexibility index (Phi) is 7.33. The molecule has 3 rings (SSSR count). The first-order valence-corrected chi connectivity index (χ1v) is 12.6. The molecule has 2 aliphatic rings. The lowest BCUT2D eigenvalue weighted by Crippen LogP contribution is -2.42. The monoisotopic (exact) mass is 436 g/mol. The lowest BCUT2D eigenvalue weighted by atomic mass is 10.0. The van der Waals surface area contributed by atoms with Crippen LogP contribution in [0.2, 0.25) is 0 Å². The van der Waals surface area contributed by atoms with Crippen LogP contribution in [0.3, 0.4) is 0 Å². The third-order valence-electron chi connectivity index (χ3n) is 6.20. The Balaban J connectivity index is 1.52. The van der Waals surface area contributed by atoms with Crippen molar-refractivity contribution < 1.29 is 18.0 Å². The molecule has 0 spiro atoms. The first kappa shape index (κ1) is 22.5. The van der Waals surface area contributed by atoms with E-state index >= 15 is 0 Å². The molecule has 1 N–H and O–H groups in total. The van der Waals surface area contributed by atoms with Gasteiger partial charge in [0.1, 0.15) is 15.7 Å². The lowest BCUT2D eigenvalue weighted by molar-refractivity contribution is -0.135. The van der Waals surface area contributed by atoms with Crippen LogP contribution < -0.4 is 5.32 Å². The number of rotatable bonds is 4. The molecule has 0 aliphatic carbocycles. The van der Waals surface area contributed by atoms with E-state index in [4.69, 9.17) is 0 Å². The topological polar surface area (TPSA) is 99.7 Å². The van der Waals surface area contributed by atoms with Gasteiger partial charge in [-0.15, -0.1) is 0 Å². The fourth-order valence-corrected chi connectivity index (χ4v) is 5.42. The number of hydrogen-bond donors (Lipinski definition) is 1. The van der Waals surface area contributed by atoms with E-state index in [1.54, 1.807) is 16.0 Å². The Morgan fingerprint density at radius 1 is 1.13 bits per heavy atom. The van der Waals surface area contributed by atoms with E-state index in [2.05, 4.69) is 24.1 Å². The van der Waals surface area contributed by atoms with Crippen molar-refractivity contribution in [2.45, 2.75) is 45.4 Å². The maximum absolute atomic E-state index is 12.8. The van der Waals surface area contributed by atoms with Gasteiger partial charge in [0.2, 0.25) is 5.91 Å². The van der Waals surface area contributed by atoms with Gasteiger partial charge in [-0.1, -0.05) is 19.9 Å². The van der Waals surface area contributed by atoms with Gasteiger partial charge in [-0.05, 0) is 43.2 Å². The van der Waals surface area contributed by atoms with Gasteiger partial charge >= 0.3 is 6.03 Å². The molecule has 1 unspecified atom stereocenters. The number of anilines is 1. The molecule has 2 aliphatic heterocycles. The predicted octanol–water partition coefficient (Wildman–Crippen LogP) is 2.49. The Morgan fingerprint density at radius 2 is 1.80 bits per heavy atom. The Morgan fingerprint density at radius 3 is 2.43 bits per heavy atom. The number of pyridine rings is 1. The second-order valence-electron chi connectivity index (χ2n) is 8.31. The Labute approximate surface area is 178 Å².